The molecule has 0 saturated heterocycles. The van der Waals surface area contributed by atoms with Gasteiger partial charge in [0, 0.05) is 17.1 Å². The topological polar surface area (TPSA) is 89.2 Å². The second kappa shape index (κ2) is 6.61. The Morgan fingerprint density at radius 3 is 3.00 bits per heavy atom. The van der Waals surface area contributed by atoms with Crippen LogP contribution in [0.4, 0.5) is 8.78 Å². The Kier molecular flexibility index (Phi) is 4.37. The van der Waals surface area contributed by atoms with E-state index in [-0.39, 0.29) is 12.1 Å². The molecule has 0 bridgehead atoms. The van der Waals surface area contributed by atoms with Crippen molar-refractivity contribution < 1.29 is 13.5 Å². The zero-order valence-electron chi connectivity index (χ0n) is 12.8. The first-order valence-corrected chi connectivity index (χ1v) is 7.13. The van der Waals surface area contributed by atoms with Gasteiger partial charge in [0.05, 0.1) is 42.6 Å². The number of benzene rings is 1. The lowest BCUT2D eigenvalue weighted by molar-refractivity contribution is 0.151. The minimum atomic E-state index is -2.54. The first kappa shape index (κ1) is 15.9. The van der Waals surface area contributed by atoms with Crippen LogP contribution in [0, 0.1) is 0 Å². The van der Waals surface area contributed by atoms with Crippen LogP contribution in [0.5, 0.6) is 0 Å². The van der Waals surface area contributed by atoms with Gasteiger partial charge < -0.3 is 15.5 Å². The molecule has 3 rings (SSSR count). The van der Waals surface area contributed by atoms with Crippen LogP contribution in [0.25, 0.3) is 21.9 Å². The third-order valence-corrected chi connectivity index (χ3v) is 3.50. The molecule has 0 aliphatic heterocycles. The number of nitrogens with one attached hydrogen (secondary N) is 1. The van der Waals surface area contributed by atoms with E-state index in [4.69, 9.17) is 10.5 Å². The lowest BCUT2D eigenvalue weighted by Crippen LogP contribution is -1.94. The molecular weight excluding hydrogens is 316 g/mol. The maximum atomic E-state index is 12.9. The third kappa shape index (κ3) is 3.03. The Hall–Kier alpha value is -3.03. The van der Waals surface area contributed by atoms with Crippen LogP contribution >= 0.6 is 0 Å². The van der Waals surface area contributed by atoms with Crippen molar-refractivity contribution in [2.45, 2.75) is 13.0 Å². The van der Waals surface area contributed by atoms with Crippen LogP contribution in [0.1, 0.15) is 17.8 Å². The number of nitrogens with zero attached hydrogens (tertiary/aromatic N) is 3. The van der Waals surface area contributed by atoms with Crippen molar-refractivity contribution in [2.75, 3.05) is 7.11 Å². The number of methoxy groups -OCH3 is 1. The van der Waals surface area contributed by atoms with E-state index in [1.807, 2.05) is 0 Å². The van der Waals surface area contributed by atoms with E-state index in [1.54, 1.807) is 12.3 Å². The minimum Gasteiger partial charge on any atom is -0.494 e. The predicted molar refractivity (Wildman–Crippen MR) is 87.8 cm³/mol. The van der Waals surface area contributed by atoms with Gasteiger partial charge >= 0.3 is 0 Å². The number of aromatic amines is 1. The molecular formula is C16H15F2N5O. The van der Waals surface area contributed by atoms with Crippen LogP contribution in [0.3, 0.4) is 0 Å². The normalized spacial score (nSPS) is 12.8. The summed E-state index contributed by atoms with van der Waals surface area (Å²) in [4.78, 5) is 16.0. The highest BCUT2D eigenvalue weighted by Crippen LogP contribution is 2.27. The highest BCUT2D eigenvalue weighted by Gasteiger charge is 2.12. The van der Waals surface area contributed by atoms with Gasteiger partial charge in [-0.1, -0.05) is 6.07 Å². The van der Waals surface area contributed by atoms with Gasteiger partial charge in [0.25, 0.3) is 6.43 Å². The number of allylic oxidation sites excluding steroid dienone is 1. The van der Waals surface area contributed by atoms with E-state index in [0.717, 1.165) is 0 Å². The molecule has 3 aromatic rings. The summed E-state index contributed by atoms with van der Waals surface area (Å²) in [5, 5.41) is 0.580. The summed E-state index contributed by atoms with van der Waals surface area (Å²) in [5.74, 6) is 1.02. The van der Waals surface area contributed by atoms with Crippen LogP contribution < -0.4 is 5.73 Å². The zero-order valence-corrected chi connectivity index (χ0v) is 12.8. The molecule has 0 aliphatic rings. The average Bonchev–Trinajstić information content (AvgIpc) is 3.01. The molecule has 0 amide bonds. The molecule has 0 aliphatic carbocycles. The van der Waals surface area contributed by atoms with Gasteiger partial charge in [-0.2, -0.15) is 0 Å². The summed E-state index contributed by atoms with van der Waals surface area (Å²) in [5.41, 5.74) is 7.17. The van der Waals surface area contributed by atoms with E-state index < -0.39 is 6.43 Å². The number of ether oxygens (including phenoxy) is 1. The Labute approximate surface area is 136 Å². The molecule has 2 heterocycles. The monoisotopic (exact) mass is 331 g/mol. The van der Waals surface area contributed by atoms with E-state index >= 15 is 0 Å². The fourth-order valence-corrected chi connectivity index (χ4v) is 2.32. The maximum absolute atomic E-state index is 12.9. The molecule has 0 unspecified atom stereocenters. The number of fused-ring (bicyclic) bond motifs is 3. The van der Waals surface area contributed by atoms with Crippen molar-refractivity contribution in [3.8, 4) is 0 Å². The lowest BCUT2D eigenvalue weighted by Gasteiger charge is -2.02. The Bertz CT molecular complexity index is 933. The number of H-pyrrole nitrogens is 1. The zero-order chi connectivity index (χ0) is 17.1. The maximum Gasteiger partial charge on any atom is 0.263 e. The van der Waals surface area contributed by atoms with Gasteiger partial charge in [-0.15, -0.1) is 0 Å². The number of aliphatic imine (C=N–C) groups is 1. The van der Waals surface area contributed by atoms with Crippen LogP contribution in [0.15, 0.2) is 41.3 Å². The predicted octanol–water partition coefficient (Wildman–Crippen LogP) is 3.07. The van der Waals surface area contributed by atoms with Crippen LogP contribution in [-0.2, 0) is 11.3 Å². The third-order valence-electron chi connectivity index (χ3n) is 3.50. The number of hydrogen-bond acceptors (Lipinski definition) is 5. The minimum absolute atomic E-state index is 0.0582. The first-order valence-electron chi connectivity index (χ1n) is 7.13. The fraction of sp³-hybridized carbons (Fsp3) is 0.188. The van der Waals surface area contributed by atoms with Crippen LogP contribution in [-0.4, -0.2) is 28.3 Å². The van der Waals surface area contributed by atoms with Gasteiger partial charge in [0.1, 0.15) is 5.82 Å². The van der Waals surface area contributed by atoms with E-state index in [9.17, 15) is 8.78 Å². The number of hydrogen-bond donors (Lipinski definition) is 2. The number of pyridine rings is 1. The van der Waals surface area contributed by atoms with Crippen molar-refractivity contribution in [3.63, 3.8) is 0 Å². The number of aromatic nitrogens is 3. The highest BCUT2D eigenvalue weighted by atomic mass is 19.3. The van der Waals surface area contributed by atoms with E-state index in [2.05, 4.69) is 19.9 Å². The molecule has 0 saturated carbocycles. The number of halogens is 2. The summed E-state index contributed by atoms with van der Waals surface area (Å²) in [6.45, 7) is 0.269. The highest BCUT2D eigenvalue weighted by molar-refractivity contribution is 6.02. The van der Waals surface area contributed by atoms with Crippen molar-refractivity contribution >= 4 is 28.2 Å². The molecule has 8 heteroatoms. The SMILES string of the molecule is COC(C=NCc1nc2c(cnc3ccc(C(F)F)cc32)[nH]1)=CN. The lowest BCUT2D eigenvalue weighted by atomic mass is 10.1. The van der Waals surface area contributed by atoms with E-state index in [0.29, 0.717) is 33.5 Å². The number of rotatable bonds is 5. The van der Waals surface area contributed by atoms with E-state index in [1.165, 1.54) is 31.7 Å². The molecule has 0 atom stereocenters. The number of imidazole rings is 1. The largest absolute Gasteiger partial charge is 0.494 e. The van der Waals surface area contributed by atoms with Crippen molar-refractivity contribution in [2.24, 2.45) is 10.7 Å². The molecule has 0 radical (unpaired) electrons. The second-order valence-electron chi connectivity index (χ2n) is 5.02. The summed E-state index contributed by atoms with van der Waals surface area (Å²) in [7, 11) is 1.49. The quantitative estimate of drug-likeness (QED) is 0.555. The Morgan fingerprint density at radius 2 is 2.29 bits per heavy atom. The molecule has 6 nitrogen and oxygen atoms in total. The second-order valence-corrected chi connectivity index (χ2v) is 5.02. The summed E-state index contributed by atoms with van der Waals surface area (Å²) in [6.07, 6.45) is 1.87. The molecule has 2 aromatic heterocycles. The van der Waals surface area contributed by atoms with Crippen molar-refractivity contribution in [3.05, 3.63) is 47.7 Å². The van der Waals surface area contributed by atoms with Crippen LogP contribution in [0.2, 0.25) is 0 Å². The number of alkyl halides is 2. The molecule has 24 heavy (non-hydrogen) atoms. The molecule has 0 fully saturated rings. The summed E-state index contributed by atoms with van der Waals surface area (Å²) in [6, 6.07) is 4.36. The molecule has 124 valence electrons. The standard InChI is InChI=1S/C16H15F2N5O/c1-24-10(5-19)6-20-8-14-22-13-7-21-12-3-2-9(16(17)18)4-11(12)15(13)23-14/h2-7,16H,8,19H2,1H3,(H,22,23). The van der Waals surface area contributed by atoms with Gasteiger partial charge in [-0.05, 0) is 12.1 Å². The average molecular weight is 331 g/mol. The van der Waals surface area contributed by atoms with Crippen molar-refractivity contribution in [1.29, 1.82) is 0 Å². The molecule has 3 N–H and O–H groups in total. The Morgan fingerprint density at radius 1 is 1.46 bits per heavy atom. The number of nitrogens with two attached hydrogens (primary N) is 1. The Balaban J connectivity index is 1.98. The summed E-state index contributed by atoms with van der Waals surface area (Å²) >= 11 is 0. The molecule has 1 aromatic carbocycles. The fourth-order valence-electron chi connectivity index (χ4n) is 2.32. The van der Waals surface area contributed by atoms with Crippen molar-refractivity contribution in [1.82, 2.24) is 15.0 Å². The van der Waals surface area contributed by atoms with Gasteiger partial charge in [0.2, 0.25) is 0 Å². The molecule has 0 spiro atoms. The first-order chi connectivity index (χ1) is 11.6. The smallest absolute Gasteiger partial charge is 0.263 e. The summed E-state index contributed by atoms with van der Waals surface area (Å²) < 4.78 is 30.8. The van der Waals surface area contributed by atoms with Gasteiger partial charge in [0.15, 0.2) is 5.76 Å². The van der Waals surface area contributed by atoms with Gasteiger partial charge in [-0.25, -0.2) is 13.8 Å². The van der Waals surface area contributed by atoms with Gasteiger partial charge in [-0.3, -0.25) is 9.98 Å².